The van der Waals surface area contributed by atoms with Crippen molar-refractivity contribution in [1.82, 2.24) is 0 Å². The number of rotatable bonds is 2. The summed E-state index contributed by atoms with van der Waals surface area (Å²) in [5.74, 6) is -1.74. The third kappa shape index (κ3) is 3.30. The van der Waals surface area contributed by atoms with E-state index in [0.717, 1.165) is 17.5 Å². The van der Waals surface area contributed by atoms with Gasteiger partial charge in [0, 0.05) is 6.04 Å². The molecular formula is C15H20F3N. The van der Waals surface area contributed by atoms with E-state index in [1.807, 2.05) is 31.2 Å². The fourth-order valence-electron chi connectivity index (χ4n) is 3.12. The Labute approximate surface area is 112 Å². The minimum atomic E-state index is -4.13. The number of alkyl halides is 3. The fourth-order valence-corrected chi connectivity index (χ4v) is 3.12. The Balaban J connectivity index is 2.22. The van der Waals surface area contributed by atoms with Gasteiger partial charge in [0.1, 0.15) is 0 Å². The quantitative estimate of drug-likeness (QED) is 0.849. The summed E-state index contributed by atoms with van der Waals surface area (Å²) in [4.78, 5) is 0. The Morgan fingerprint density at radius 1 is 1.21 bits per heavy atom. The molecule has 1 aliphatic carbocycles. The van der Waals surface area contributed by atoms with Crippen LogP contribution in [-0.2, 0) is 0 Å². The highest BCUT2D eigenvalue weighted by Crippen LogP contribution is 2.45. The van der Waals surface area contributed by atoms with Crippen molar-refractivity contribution >= 4 is 0 Å². The third-order valence-corrected chi connectivity index (χ3v) is 4.13. The van der Waals surface area contributed by atoms with Crippen LogP contribution in [0.3, 0.4) is 0 Å². The maximum Gasteiger partial charge on any atom is 0.392 e. The molecule has 106 valence electrons. The second kappa shape index (κ2) is 5.53. The molecule has 2 rings (SSSR count). The van der Waals surface area contributed by atoms with E-state index in [4.69, 9.17) is 5.73 Å². The van der Waals surface area contributed by atoms with Gasteiger partial charge in [-0.2, -0.15) is 13.2 Å². The lowest BCUT2D eigenvalue weighted by atomic mass is 9.73. The standard InChI is InChI=1S/C15H20F3N/c1-10-5-4-6-11(9-10)14(19)12-7-2-3-8-13(12)15(16,17)18/h4-6,9,12-14H,2-3,7-8,19H2,1H3. The Morgan fingerprint density at radius 2 is 1.89 bits per heavy atom. The number of nitrogens with two attached hydrogens (primary N) is 1. The van der Waals surface area contributed by atoms with E-state index in [1.165, 1.54) is 0 Å². The van der Waals surface area contributed by atoms with Crippen molar-refractivity contribution in [2.75, 3.05) is 0 Å². The van der Waals surface area contributed by atoms with Gasteiger partial charge in [0.05, 0.1) is 5.92 Å². The number of hydrogen-bond acceptors (Lipinski definition) is 1. The highest BCUT2D eigenvalue weighted by molar-refractivity contribution is 5.25. The summed E-state index contributed by atoms with van der Waals surface area (Å²) in [6.07, 6.45) is -1.85. The van der Waals surface area contributed by atoms with Crippen molar-refractivity contribution in [1.29, 1.82) is 0 Å². The summed E-state index contributed by atoms with van der Waals surface area (Å²) in [7, 11) is 0. The molecule has 0 bridgehead atoms. The van der Waals surface area contributed by atoms with Crippen LogP contribution in [0.4, 0.5) is 13.2 Å². The van der Waals surface area contributed by atoms with Crippen LogP contribution in [0.5, 0.6) is 0 Å². The Bertz CT molecular complexity index is 428. The molecule has 2 N–H and O–H groups in total. The predicted molar refractivity (Wildman–Crippen MR) is 69.6 cm³/mol. The summed E-state index contributed by atoms with van der Waals surface area (Å²) in [6.45, 7) is 1.93. The van der Waals surface area contributed by atoms with Crippen LogP contribution in [0, 0.1) is 18.8 Å². The van der Waals surface area contributed by atoms with Gasteiger partial charge in [-0.25, -0.2) is 0 Å². The smallest absolute Gasteiger partial charge is 0.324 e. The number of aryl methyl sites for hydroxylation is 1. The summed E-state index contributed by atoms with van der Waals surface area (Å²) >= 11 is 0. The molecule has 19 heavy (non-hydrogen) atoms. The van der Waals surface area contributed by atoms with Crippen molar-refractivity contribution in [3.63, 3.8) is 0 Å². The highest BCUT2D eigenvalue weighted by atomic mass is 19.4. The summed E-state index contributed by atoms with van der Waals surface area (Å²) in [6, 6.07) is 6.99. The van der Waals surface area contributed by atoms with E-state index < -0.39 is 24.1 Å². The molecule has 1 aromatic rings. The number of halogens is 3. The van der Waals surface area contributed by atoms with Crippen LogP contribution in [0.1, 0.15) is 42.9 Å². The molecule has 4 heteroatoms. The summed E-state index contributed by atoms with van der Waals surface area (Å²) in [5.41, 5.74) is 7.98. The molecule has 0 amide bonds. The molecule has 0 aromatic heterocycles. The molecule has 0 spiro atoms. The minimum Gasteiger partial charge on any atom is -0.324 e. The third-order valence-electron chi connectivity index (χ3n) is 4.13. The van der Waals surface area contributed by atoms with Gasteiger partial charge in [-0.05, 0) is 31.2 Å². The zero-order chi connectivity index (χ0) is 14.0. The molecule has 3 unspecified atom stereocenters. The zero-order valence-electron chi connectivity index (χ0n) is 11.1. The molecule has 0 aliphatic heterocycles. The van der Waals surface area contributed by atoms with E-state index in [2.05, 4.69) is 0 Å². The maximum atomic E-state index is 13.1. The molecule has 0 radical (unpaired) electrons. The van der Waals surface area contributed by atoms with Crippen LogP contribution < -0.4 is 5.73 Å². The van der Waals surface area contributed by atoms with Gasteiger partial charge in [-0.15, -0.1) is 0 Å². The Hall–Kier alpha value is -1.03. The van der Waals surface area contributed by atoms with Gasteiger partial charge in [0.15, 0.2) is 0 Å². The predicted octanol–water partition coefficient (Wildman–Crippen LogP) is 4.36. The lowest BCUT2D eigenvalue weighted by Crippen LogP contribution is -2.38. The first-order valence-corrected chi connectivity index (χ1v) is 6.78. The van der Waals surface area contributed by atoms with Crippen LogP contribution in [0.2, 0.25) is 0 Å². The van der Waals surface area contributed by atoms with Crippen molar-refractivity contribution in [2.24, 2.45) is 17.6 Å². The summed E-state index contributed by atoms with van der Waals surface area (Å²) < 4.78 is 39.3. The zero-order valence-corrected chi connectivity index (χ0v) is 11.1. The number of hydrogen-bond donors (Lipinski definition) is 1. The lowest BCUT2D eigenvalue weighted by molar-refractivity contribution is -0.198. The molecule has 0 heterocycles. The first-order valence-electron chi connectivity index (χ1n) is 6.78. The van der Waals surface area contributed by atoms with E-state index in [9.17, 15) is 13.2 Å². The SMILES string of the molecule is Cc1cccc(C(N)C2CCCCC2C(F)(F)F)c1. The second-order valence-electron chi connectivity index (χ2n) is 5.54. The van der Waals surface area contributed by atoms with E-state index in [0.29, 0.717) is 12.8 Å². The fraction of sp³-hybridized carbons (Fsp3) is 0.600. The first-order chi connectivity index (χ1) is 8.89. The monoisotopic (exact) mass is 271 g/mol. The molecule has 1 saturated carbocycles. The summed E-state index contributed by atoms with van der Waals surface area (Å²) in [5, 5.41) is 0. The van der Waals surface area contributed by atoms with Crippen LogP contribution in [0.25, 0.3) is 0 Å². The topological polar surface area (TPSA) is 26.0 Å². The van der Waals surface area contributed by atoms with Gasteiger partial charge in [0.2, 0.25) is 0 Å². The largest absolute Gasteiger partial charge is 0.392 e. The van der Waals surface area contributed by atoms with Gasteiger partial charge in [-0.3, -0.25) is 0 Å². The van der Waals surface area contributed by atoms with E-state index in [-0.39, 0.29) is 6.42 Å². The van der Waals surface area contributed by atoms with Gasteiger partial charge in [0.25, 0.3) is 0 Å². The highest BCUT2D eigenvalue weighted by Gasteiger charge is 2.47. The van der Waals surface area contributed by atoms with Gasteiger partial charge >= 0.3 is 6.18 Å². The lowest BCUT2D eigenvalue weighted by Gasteiger charge is -2.36. The number of benzene rings is 1. The second-order valence-corrected chi connectivity index (χ2v) is 5.54. The van der Waals surface area contributed by atoms with Crippen molar-refractivity contribution < 1.29 is 13.2 Å². The van der Waals surface area contributed by atoms with Crippen LogP contribution in [-0.4, -0.2) is 6.18 Å². The average molecular weight is 271 g/mol. The normalized spacial score (nSPS) is 26.2. The molecule has 1 aliphatic rings. The van der Waals surface area contributed by atoms with Gasteiger partial charge in [-0.1, -0.05) is 42.7 Å². The average Bonchev–Trinajstić information content (AvgIpc) is 2.37. The molecule has 3 atom stereocenters. The van der Waals surface area contributed by atoms with Crippen molar-refractivity contribution in [3.8, 4) is 0 Å². The Kier molecular flexibility index (Phi) is 4.19. The van der Waals surface area contributed by atoms with E-state index in [1.54, 1.807) is 0 Å². The molecular weight excluding hydrogens is 251 g/mol. The van der Waals surface area contributed by atoms with E-state index >= 15 is 0 Å². The van der Waals surface area contributed by atoms with Crippen LogP contribution >= 0.6 is 0 Å². The van der Waals surface area contributed by atoms with Gasteiger partial charge < -0.3 is 5.73 Å². The maximum absolute atomic E-state index is 13.1. The van der Waals surface area contributed by atoms with Crippen molar-refractivity contribution in [2.45, 2.75) is 44.8 Å². The van der Waals surface area contributed by atoms with Crippen molar-refractivity contribution in [3.05, 3.63) is 35.4 Å². The molecule has 1 fully saturated rings. The molecule has 0 saturated heterocycles. The molecule has 1 aromatic carbocycles. The van der Waals surface area contributed by atoms with Crippen LogP contribution in [0.15, 0.2) is 24.3 Å². The first kappa shape index (κ1) is 14.4. The minimum absolute atomic E-state index is 0.216. The Morgan fingerprint density at radius 3 is 2.53 bits per heavy atom. The molecule has 1 nitrogen and oxygen atoms in total.